The van der Waals surface area contributed by atoms with Gasteiger partial charge in [-0.15, -0.1) is 11.6 Å². The molecule has 3 aliphatic heterocycles. The fraction of sp³-hybridized carbons (Fsp3) is 0.857. The maximum absolute atomic E-state index is 15.9. The van der Waals surface area contributed by atoms with Crippen molar-refractivity contribution in [2.45, 2.75) is 107 Å². The van der Waals surface area contributed by atoms with E-state index >= 15 is 4.39 Å². The Morgan fingerprint density at radius 2 is 2.00 bits per heavy atom. The Hall–Kier alpha value is -1.26. The molecular weight excluding hydrogens is 509 g/mol. The molecule has 9 unspecified atom stereocenters. The van der Waals surface area contributed by atoms with Gasteiger partial charge in [-0.1, -0.05) is 13.8 Å². The maximum Gasteiger partial charge on any atom is 0.256 e. The van der Waals surface area contributed by atoms with Crippen LogP contribution in [0, 0.1) is 5.92 Å². The standard InChI is InChI=1S/C28H45ClFN5O3/c1-3-33(4-2)11-6-5-10-32-28(37)20-16-35-22-13-17(29)7-8-23(22)38-27-24(35)19(26(20)36)14-21(30)25(27)34-12-9-18(31)15-34/h16-19,21-25,27H,3-15,31H2,1-2H3,(H,32,37). The average Bonchev–Trinajstić information content (AvgIpc) is 3.33. The minimum atomic E-state index is -1.21. The molecule has 2 saturated heterocycles. The van der Waals surface area contributed by atoms with E-state index in [-0.39, 0.29) is 53.3 Å². The van der Waals surface area contributed by atoms with Crippen LogP contribution in [-0.4, -0.2) is 114 Å². The lowest BCUT2D eigenvalue weighted by atomic mass is 9.69. The lowest BCUT2D eigenvalue weighted by Gasteiger charge is -2.60. The van der Waals surface area contributed by atoms with E-state index in [1.165, 1.54) is 0 Å². The monoisotopic (exact) mass is 553 g/mol. The number of ether oxygens (including phenoxy) is 1. The molecule has 214 valence electrons. The number of hydrogen-bond donors (Lipinski definition) is 2. The number of ketones is 1. The van der Waals surface area contributed by atoms with Crippen molar-refractivity contribution in [1.82, 2.24) is 20.0 Å². The Kier molecular flexibility index (Phi) is 8.99. The Morgan fingerprint density at radius 1 is 1.21 bits per heavy atom. The maximum atomic E-state index is 15.9. The Balaban J connectivity index is 1.35. The molecule has 3 N–H and O–H groups in total. The highest BCUT2D eigenvalue weighted by molar-refractivity contribution is 6.21. The van der Waals surface area contributed by atoms with Gasteiger partial charge in [0.05, 0.1) is 35.9 Å². The number of nitrogens with two attached hydrogens (primary N) is 1. The highest BCUT2D eigenvalue weighted by Gasteiger charge is 2.60. The normalized spacial score (nSPS) is 39.1. The van der Waals surface area contributed by atoms with Gasteiger partial charge in [0.2, 0.25) is 0 Å². The molecule has 0 radical (unpaired) electrons. The van der Waals surface area contributed by atoms with Crippen molar-refractivity contribution < 1.29 is 18.7 Å². The van der Waals surface area contributed by atoms with Gasteiger partial charge in [0.15, 0.2) is 5.78 Å². The summed E-state index contributed by atoms with van der Waals surface area (Å²) in [4.78, 5) is 33.6. The van der Waals surface area contributed by atoms with Crippen LogP contribution >= 0.6 is 11.6 Å². The van der Waals surface area contributed by atoms with Crippen LogP contribution in [0.2, 0.25) is 0 Å². The topological polar surface area (TPSA) is 91.1 Å². The number of alkyl halides is 2. The van der Waals surface area contributed by atoms with Crippen LogP contribution < -0.4 is 11.1 Å². The third-order valence-electron chi connectivity index (χ3n) is 9.57. The zero-order chi connectivity index (χ0) is 27.0. The molecule has 0 bridgehead atoms. The first kappa shape index (κ1) is 28.3. The molecule has 2 saturated carbocycles. The number of halogens is 2. The molecule has 9 atom stereocenters. The number of likely N-dealkylation sites (tertiary alicyclic amines) is 1. The van der Waals surface area contributed by atoms with E-state index in [1.54, 1.807) is 6.20 Å². The van der Waals surface area contributed by atoms with Gasteiger partial charge < -0.3 is 25.6 Å². The summed E-state index contributed by atoms with van der Waals surface area (Å²) in [5, 5.41) is 2.99. The van der Waals surface area contributed by atoms with Crippen LogP contribution in [0.25, 0.3) is 0 Å². The van der Waals surface area contributed by atoms with Crippen molar-refractivity contribution >= 4 is 23.3 Å². The Bertz CT molecular complexity index is 904. The minimum Gasteiger partial charge on any atom is -0.369 e. The fourth-order valence-corrected chi connectivity index (χ4v) is 7.82. The number of fused-ring (bicyclic) bond motifs is 2. The van der Waals surface area contributed by atoms with Crippen LogP contribution in [0.4, 0.5) is 4.39 Å². The average molecular weight is 554 g/mol. The molecule has 38 heavy (non-hydrogen) atoms. The van der Waals surface area contributed by atoms with E-state index in [9.17, 15) is 9.59 Å². The van der Waals surface area contributed by atoms with E-state index in [0.717, 1.165) is 64.7 Å². The first-order valence-corrected chi connectivity index (χ1v) is 15.2. The zero-order valence-electron chi connectivity index (χ0n) is 22.9. The van der Waals surface area contributed by atoms with Crippen LogP contribution in [0.1, 0.15) is 58.8 Å². The summed E-state index contributed by atoms with van der Waals surface area (Å²) in [5.41, 5.74) is 6.33. The van der Waals surface area contributed by atoms with Gasteiger partial charge in [0.25, 0.3) is 5.91 Å². The smallest absolute Gasteiger partial charge is 0.256 e. The van der Waals surface area contributed by atoms with E-state index in [0.29, 0.717) is 13.1 Å². The highest BCUT2D eigenvalue weighted by Crippen LogP contribution is 2.47. The number of nitrogens with zero attached hydrogens (tertiary/aromatic N) is 3. The number of amides is 1. The molecule has 5 rings (SSSR count). The van der Waals surface area contributed by atoms with Crippen molar-refractivity contribution in [1.29, 1.82) is 0 Å². The lowest BCUT2D eigenvalue weighted by molar-refractivity contribution is -0.209. The summed E-state index contributed by atoms with van der Waals surface area (Å²) >= 11 is 6.59. The Labute approximate surface area is 231 Å². The lowest BCUT2D eigenvalue weighted by Crippen LogP contribution is -2.73. The molecule has 8 nitrogen and oxygen atoms in total. The second-order valence-corrected chi connectivity index (χ2v) is 12.5. The van der Waals surface area contributed by atoms with Crippen LogP contribution in [-0.2, 0) is 14.3 Å². The molecule has 0 aromatic carbocycles. The van der Waals surface area contributed by atoms with Crippen molar-refractivity contribution in [2.24, 2.45) is 11.7 Å². The summed E-state index contributed by atoms with van der Waals surface area (Å²) in [6, 6.07) is -0.693. The van der Waals surface area contributed by atoms with E-state index in [4.69, 9.17) is 22.1 Å². The van der Waals surface area contributed by atoms with E-state index in [2.05, 4.69) is 33.9 Å². The number of rotatable bonds is 9. The van der Waals surface area contributed by atoms with Crippen molar-refractivity contribution in [3.05, 3.63) is 11.8 Å². The molecule has 5 aliphatic rings. The number of nitrogens with one attached hydrogen (secondary N) is 1. The highest BCUT2D eigenvalue weighted by atomic mass is 35.5. The predicted octanol–water partition coefficient (Wildman–Crippen LogP) is 2.05. The van der Waals surface area contributed by atoms with Gasteiger partial charge in [-0.2, -0.15) is 0 Å². The third-order valence-corrected chi connectivity index (χ3v) is 9.97. The van der Waals surface area contributed by atoms with Crippen LogP contribution in [0.5, 0.6) is 0 Å². The summed E-state index contributed by atoms with van der Waals surface area (Å²) in [6.45, 7) is 9.22. The molecule has 3 heterocycles. The second-order valence-electron chi connectivity index (χ2n) is 11.8. The van der Waals surface area contributed by atoms with Gasteiger partial charge in [-0.05, 0) is 64.6 Å². The van der Waals surface area contributed by atoms with Gasteiger partial charge in [0.1, 0.15) is 6.17 Å². The first-order chi connectivity index (χ1) is 18.3. The first-order valence-electron chi connectivity index (χ1n) is 14.8. The SMILES string of the molecule is CCN(CC)CCCCNC(=O)C1=CN2C3CC(Cl)CCC3OC3C(N4CCC(N)C4)C(F)CC(C1=O)C32. The minimum absolute atomic E-state index is 0.0161. The second kappa shape index (κ2) is 12.1. The van der Waals surface area contributed by atoms with Gasteiger partial charge in [-0.3, -0.25) is 14.5 Å². The predicted molar refractivity (Wildman–Crippen MR) is 146 cm³/mol. The largest absolute Gasteiger partial charge is 0.369 e. The third kappa shape index (κ3) is 5.51. The fourth-order valence-electron chi connectivity index (χ4n) is 7.51. The summed E-state index contributed by atoms with van der Waals surface area (Å²) in [5.74, 6) is -1.21. The molecule has 4 fully saturated rings. The van der Waals surface area contributed by atoms with Crippen molar-refractivity contribution in [2.75, 3.05) is 39.3 Å². The number of Topliss-reactive ketones (excluding diaryl/α,β-unsaturated/α-hetero) is 1. The zero-order valence-corrected chi connectivity index (χ0v) is 23.6. The number of carbonyl (C=O) groups is 2. The molecular formula is C28H45ClFN5O3. The number of unbranched alkanes of at least 4 members (excludes halogenated alkanes) is 1. The number of hydrogen-bond acceptors (Lipinski definition) is 7. The number of carbonyl (C=O) groups excluding carboxylic acids is 2. The van der Waals surface area contributed by atoms with Gasteiger partial charge >= 0.3 is 0 Å². The van der Waals surface area contributed by atoms with Crippen molar-refractivity contribution in [3.63, 3.8) is 0 Å². The molecule has 2 aliphatic carbocycles. The Morgan fingerprint density at radius 3 is 2.71 bits per heavy atom. The van der Waals surface area contributed by atoms with Crippen LogP contribution in [0.15, 0.2) is 11.8 Å². The summed E-state index contributed by atoms with van der Waals surface area (Å²) in [6.07, 6.45) is 5.17. The van der Waals surface area contributed by atoms with E-state index in [1.807, 2.05) is 0 Å². The van der Waals surface area contributed by atoms with Gasteiger partial charge in [-0.25, -0.2) is 4.39 Å². The number of morpholine rings is 1. The molecule has 0 aromatic rings. The quantitative estimate of drug-likeness (QED) is 0.256. The molecule has 0 spiro atoms. The molecule has 10 heteroatoms. The molecule has 0 aromatic heterocycles. The summed E-state index contributed by atoms with van der Waals surface area (Å²) in [7, 11) is 0. The van der Waals surface area contributed by atoms with Gasteiger partial charge in [0, 0.05) is 43.2 Å². The van der Waals surface area contributed by atoms with E-state index < -0.39 is 24.2 Å². The van der Waals surface area contributed by atoms with Crippen molar-refractivity contribution in [3.8, 4) is 0 Å². The van der Waals surface area contributed by atoms with Crippen LogP contribution in [0.3, 0.4) is 0 Å². The summed E-state index contributed by atoms with van der Waals surface area (Å²) < 4.78 is 22.6. The molecule has 1 amide bonds.